The molecule has 174 valence electrons. The summed E-state index contributed by atoms with van der Waals surface area (Å²) in [6.45, 7) is 0.585. The van der Waals surface area contributed by atoms with Crippen molar-refractivity contribution in [3.63, 3.8) is 0 Å². The number of pyridine rings is 2. The average molecular weight is 467 g/mol. The van der Waals surface area contributed by atoms with E-state index >= 15 is 0 Å². The molecule has 2 heterocycles. The van der Waals surface area contributed by atoms with Crippen molar-refractivity contribution in [2.24, 2.45) is 0 Å². The van der Waals surface area contributed by atoms with Crippen LogP contribution < -0.4 is 20.7 Å². The molecule has 0 aliphatic heterocycles. The Kier molecular flexibility index (Phi) is 6.48. The Morgan fingerprint density at radius 2 is 1.59 bits per heavy atom. The maximum Gasteiger partial charge on any atom is 0.417 e. The number of hydrogen-bond donors (Lipinski definition) is 3. The fourth-order valence-corrected chi connectivity index (χ4v) is 3.40. The quantitative estimate of drug-likeness (QED) is 0.328. The lowest BCUT2D eigenvalue weighted by atomic mass is 10.1. The van der Waals surface area contributed by atoms with Gasteiger partial charge in [-0.05, 0) is 35.9 Å². The summed E-state index contributed by atoms with van der Waals surface area (Å²) in [6.07, 6.45) is -0.528. The van der Waals surface area contributed by atoms with Gasteiger partial charge in [-0.3, -0.25) is 4.98 Å². The van der Waals surface area contributed by atoms with Crippen molar-refractivity contribution < 1.29 is 22.7 Å². The molecule has 0 bridgehead atoms. The lowest BCUT2D eigenvalue weighted by Crippen LogP contribution is -2.21. The summed E-state index contributed by atoms with van der Waals surface area (Å²) < 4.78 is 44.1. The summed E-state index contributed by atoms with van der Waals surface area (Å²) >= 11 is 0. The smallest absolute Gasteiger partial charge is 0.417 e. The number of carbonyl (C=O) groups excluding carboxylic acids is 1. The molecule has 0 saturated heterocycles. The van der Waals surface area contributed by atoms with E-state index in [2.05, 4.69) is 25.9 Å². The molecule has 0 aliphatic carbocycles. The number of ether oxygens (including phenoxy) is 1. The van der Waals surface area contributed by atoms with Crippen LogP contribution in [-0.4, -0.2) is 23.1 Å². The molecule has 34 heavy (non-hydrogen) atoms. The number of halogens is 3. The first kappa shape index (κ1) is 22.8. The van der Waals surface area contributed by atoms with Gasteiger partial charge in [0.25, 0.3) is 0 Å². The molecule has 0 fully saturated rings. The Labute approximate surface area is 193 Å². The monoisotopic (exact) mass is 467 g/mol. The van der Waals surface area contributed by atoms with Gasteiger partial charge in [-0.15, -0.1) is 0 Å². The number of anilines is 3. The molecule has 10 heteroatoms. The number of fused-ring (bicyclic) bond motifs is 1. The first-order valence-electron chi connectivity index (χ1n) is 10.2. The van der Waals surface area contributed by atoms with Gasteiger partial charge in [-0.2, -0.15) is 13.2 Å². The Bertz CT molecular complexity index is 1310. The van der Waals surface area contributed by atoms with Gasteiger partial charge in [0.05, 0.1) is 18.4 Å². The van der Waals surface area contributed by atoms with E-state index in [1.807, 2.05) is 42.5 Å². The number of hydrogen-bond acceptors (Lipinski definition) is 5. The molecular formula is C24H20F3N5O2. The molecule has 2 aromatic carbocycles. The maximum absolute atomic E-state index is 13.1. The van der Waals surface area contributed by atoms with Crippen molar-refractivity contribution in [2.45, 2.75) is 12.7 Å². The van der Waals surface area contributed by atoms with Crippen LogP contribution in [0.2, 0.25) is 0 Å². The highest BCUT2D eigenvalue weighted by atomic mass is 19.4. The van der Waals surface area contributed by atoms with Crippen LogP contribution in [0, 0.1) is 0 Å². The molecule has 2 aromatic heterocycles. The Balaban J connectivity index is 1.55. The van der Waals surface area contributed by atoms with E-state index in [-0.39, 0.29) is 11.6 Å². The molecule has 3 N–H and O–H groups in total. The molecule has 4 aromatic rings. The third-order valence-electron chi connectivity index (χ3n) is 5.02. The van der Waals surface area contributed by atoms with Gasteiger partial charge in [-0.1, -0.05) is 24.3 Å². The molecule has 2 amide bonds. The third kappa shape index (κ3) is 5.17. The number of nitrogens with zero attached hydrogens (tertiary/aromatic N) is 2. The van der Waals surface area contributed by atoms with Crippen molar-refractivity contribution in [3.05, 3.63) is 84.3 Å². The first-order valence-corrected chi connectivity index (χ1v) is 10.2. The standard InChI is InChI=1S/C24H20F3N5O2/c1-34-22-21(12-16(14-30-22)24(25,26)27)32-23(33)31-20-7-6-19(17-4-2-3-5-18(17)20)29-13-15-8-10-28-11-9-15/h2-12,14,29H,13H2,1H3,(H2,31,32,33). The van der Waals surface area contributed by atoms with Gasteiger partial charge >= 0.3 is 12.2 Å². The number of nitrogens with one attached hydrogen (secondary N) is 3. The minimum atomic E-state index is -4.61. The Morgan fingerprint density at radius 1 is 0.941 bits per heavy atom. The molecule has 7 nitrogen and oxygen atoms in total. The van der Waals surface area contributed by atoms with Gasteiger partial charge in [0, 0.05) is 41.6 Å². The van der Waals surface area contributed by atoms with Crippen LogP contribution >= 0.6 is 0 Å². The number of methoxy groups -OCH3 is 1. The van der Waals surface area contributed by atoms with Crippen molar-refractivity contribution in [1.29, 1.82) is 0 Å². The summed E-state index contributed by atoms with van der Waals surface area (Å²) in [7, 11) is 1.25. The highest BCUT2D eigenvalue weighted by molar-refractivity contribution is 6.09. The average Bonchev–Trinajstić information content (AvgIpc) is 2.83. The van der Waals surface area contributed by atoms with Crippen LogP contribution in [-0.2, 0) is 12.7 Å². The van der Waals surface area contributed by atoms with E-state index in [1.165, 1.54) is 7.11 Å². The molecule has 0 saturated carbocycles. The zero-order valence-electron chi connectivity index (χ0n) is 18.0. The molecule has 0 aliphatic rings. The number of alkyl halides is 3. The number of rotatable bonds is 6. The van der Waals surface area contributed by atoms with Crippen molar-refractivity contribution in [2.75, 3.05) is 23.1 Å². The number of urea groups is 1. The topological polar surface area (TPSA) is 88.2 Å². The molecule has 4 rings (SSSR count). The predicted octanol–water partition coefficient (Wildman–Crippen LogP) is 5.91. The lowest BCUT2D eigenvalue weighted by Gasteiger charge is -2.16. The molecular weight excluding hydrogens is 447 g/mol. The van der Waals surface area contributed by atoms with E-state index in [4.69, 9.17) is 4.74 Å². The second-order valence-corrected chi connectivity index (χ2v) is 7.27. The van der Waals surface area contributed by atoms with Crippen molar-refractivity contribution >= 4 is 33.9 Å². The number of carbonyl (C=O) groups is 1. The van der Waals surface area contributed by atoms with Crippen molar-refractivity contribution in [3.8, 4) is 5.88 Å². The number of benzene rings is 2. The van der Waals surface area contributed by atoms with Gasteiger partial charge in [0.1, 0.15) is 5.69 Å². The van der Waals surface area contributed by atoms with Crippen LogP contribution in [0.15, 0.2) is 73.2 Å². The van der Waals surface area contributed by atoms with E-state index in [9.17, 15) is 18.0 Å². The minimum absolute atomic E-state index is 0.135. The van der Waals surface area contributed by atoms with Gasteiger partial charge < -0.3 is 20.7 Å². The summed E-state index contributed by atoms with van der Waals surface area (Å²) in [6, 6.07) is 14.9. The second kappa shape index (κ2) is 9.65. The van der Waals surface area contributed by atoms with Crippen LogP contribution in [0.25, 0.3) is 10.8 Å². The summed E-state index contributed by atoms with van der Waals surface area (Å²) in [5.41, 5.74) is 1.21. The van der Waals surface area contributed by atoms with E-state index in [0.717, 1.165) is 28.1 Å². The van der Waals surface area contributed by atoms with Crippen LogP contribution in [0.4, 0.5) is 35.0 Å². The normalized spacial score (nSPS) is 11.2. The summed E-state index contributed by atoms with van der Waals surface area (Å²) in [5, 5.41) is 10.1. The van der Waals surface area contributed by atoms with E-state index in [1.54, 1.807) is 18.5 Å². The van der Waals surface area contributed by atoms with Gasteiger partial charge in [0.15, 0.2) is 0 Å². The van der Waals surface area contributed by atoms with E-state index in [0.29, 0.717) is 18.4 Å². The second-order valence-electron chi connectivity index (χ2n) is 7.27. The zero-order valence-corrected chi connectivity index (χ0v) is 18.0. The minimum Gasteiger partial charge on any atom is -0.480 e. The van der Waals surface area contributed by atoms with E-state index < -0.39 is 17.8 Å². The Hall–Kier alpha value is -4.34. The summed E-state index contributed by atoms with van der Waals surface area (Å²) in [4.78, 5) is 20.3. The molecule has 0 spiro atoms. The fourth-order valence-electron chi connectivity index (χ4n) is 3.40. The molecule has 0 atom stereocenters. The lowest BCUT2D eigenvalue weighted by molar-refractivity contribution is -0.137. The van der Waals surface area contributed by atoms with Crippen LogP contribution in [0.5, 0.6) is 5.88 Å². The van der Waals surface area contributed by atoms with Gasteiger partial charge in [-0.25, -0.2) is 9.78 Å². The molecule has 0 radical (unpaired) electrons. The zero-order chi connectivity index (χ0) is 24.1. The predicted molar refractivity (Wildman–Crippen MR) is 124 cm³/mol. The SMILES string of the molecule is COc1ncc(C(F)(F)F)cc1NC(=O)Nc1ccc(NCc2ccncc2)c2ccccc12. The fraction of sp³-hybridized carbons (Fsp3) is 0.125. The molecule has 0 unspecified atom stereocenters. The van der Waals surface area contributed by atoms with Gasteiger partial charge in [0.2, 0.25) is 5.88 Å². The largest absolute Gasteiger partial charge is 0.480 e. The Morgan fingerprint density at radius 3 is 2.26 bits per heavy atom. The first-order chi connectivity index (χ1) is 16.3. The van der Waals surface area contributed by atoms with Crippen LogP contribution in [0.1, 0.15) is 11.1 Å². The number of aromatic nitrogens is 2. The van der Waals surface area contributed by atoms with Crippen LogP contribution in [0.3, 0.4) is 0 Å². The highest BCUT2D eigenvalue weighted by Crippen LogP contribution is 2.34. The third-order valence-corrected chi connectivity index (χ3v) is 5.02. The maximum atomic E-state index is 13.1. The van der Waals surface area contributed by atoms with Crippen molar-refractivity contribution in [1.82, 2.24) is 9.97 Å². The number of amides is 2. The highest BCUT2D eigenvalue weighted by Gasteiger charge is 2.32. The summed E-state index contributed by atoms with van der Waals surface area (Å²) in [5.74, 6) is -0.135.